The lowest BCUT2D eigenvalue weighted by Crippen LogP contribution is -2.51. The Kier molecular flexibility index (Phi) is 4.32. The summed E-state index contributed by atoms with van der Waals surface area (Å²) in [7, 11) is 1.52. The summed E-state index contributed by atoms with van der Waals surface area (Å²) >= 11 is 5.89. The number of hydrogen-bond acceptors (Lipinski definition) is 3. The molecule has 1 amide bonds. The van der Waals surface area contributed by atoms with Crippen LogP contribution in [0.3, 0.4) is 0 Å². The van der Waals surface area contributed by atoms with Crippen molar-refractivity contribution in [2.24, 2.45) is 5.73 Å². The molecule has 1 aliphatic carbocycles. The van der Waals surface area contributed by atoms with Crippen molar-refractivity contribution < 1.29 is 9.53 Å². The third kappa shape index (κ3) is 3.01. The molecule has 0 radical (unpaired) electrons. The van der Waals surface area contributed by atoms with Crippen LogP contribution in [-0.2, 0) is 0 Å². The molecule has 104 valence electrons. The van der Waals surface area contributed by atoms with Gasteiger partial charge in [-0.15, -0.1) is 0 Å². The van der Waals surface area contributed by atoms with Crippen LogP contribution >= 0.6 is 11.6 Å². The molecule has 0 saturated heterocycles. The van der Waals surface area contributed by atoms with E-state index < -0.39 is 0 Å². The highest BCUT2D eigenvalue weighted by Gasteiger charge is 2.34. The minimum Gasteiger partial charge on any atom is -0.496 e. The Labute approximate surface area is 118 Å². The number of rotatable bonds is 4. The van der Waals surface area contributed by atoms with Crippen LogP contribution < -0.4 is 15.8 Å². The number of carbonyl (C=O) groups excluding carboxylic acids is 1. The van der Waals surface area contributed by atoms with Crippen molar-refractivity contribution in [2.75, 3.05) is 13.7 Å². The van der Waals surface area contributed by atoms with Gasteiger partial charge in [-0.1, -0.05) is 24.4 Å². The lowest BCUT2D eigenvalue weighted by Gasteiger charge is -2.29. The van der Waals surface area contributed by atoms with E-state index in [2.05, 4.69) is 5.32 Å². The fraction of sp³-hybridized carbons (Fsp3) is 0.500. The van der Waals surface area contributed by atoms with Crippen LogP contribution in [0.4, 0.5) is 0 Å². The highest BCUT2D eigenvalue weighted by atomic mass is 35.5. The molecule has 19 heavy (non-hydrogen) atoms. The molecule has 1 aromatic rings. The van der Waals surface area contributed by atoms with E-state index in [9.17, 15) is 4.79 Å². The van der Waals surface area contributed by atoms with Crippen LogP contribution in [-0.4, -0.2) is 25.1 Å². The molecule has 4 nitrogen and oxygen atoms in total. The van der Waals surface area contributed by atoms with Gasteiger partial charge >= 0.3 is 0 Å². The normalized spacial score (nSPS) is 17.2. The van der Waals surface area contributed by atoms with Crippen molar-refractivity contribution in [3.05, 3.63) is 28.8 Å². The molecule has 0 unspecified atom stereocenters. The van der Waals surface area contributed by atoms with Crippen molar-refractivity contribution in [3.63, 3.8) is 0 Å². The fourth-order valence-electron chi connectivity index (χ4n) is 2.59. The van der Waals surface area contributed by atoms with Crippen molar-refractivity contribution in [1.82, 2.24) is 5.32 Å². The summed E-state index contributed by atoms with van der Waals surface area (Å²) in [5.74, 6) is 0.330. The van der Waals surface area contributed by atoms with E-state index in [1.54, 1.807) is 18.2 Å². The molecule has 0 aromatic heterocycles. The minimum atomic E-state index is -0.262. The third-order valence-corrected chi connectivity index (χ3v) is 3.97. The molecule has 0 spiro atoms. The first-order valence-corrected chi connectivity index (χ1v) is 6.84. The SMILES string of the molecule is COc1cc(Cl)ccc1C(=O)NC1(CN)CCCC1. The zero-order valence-corrected chi connectivity index (χ0v) is 11.8. The monoisotopic (exact) mass is 282 g/mol. The van der Waals surface area contributed by atoms with Gasteiger partial charge in [0.25, 0.3) is 5.91 Å². The summed E-state index contributed by atoms with van der Waals surface area (Å²) in [6.07, 6.45) is 4.08. The average Bonchev–Trinajstić information content (AvgIpc) is 2.87. The molecular formula is C14H19ClN2O2. The number of carbonyl (C=O) groups is 1. The van der Waals surface area contributed by atoms with Gasteiger partial charge in [0.2, 0.25) is 0 Å². The molecule has 0 heterocycles. The Hall–Kier alpha value is -1.26. The molecule has 1 aromatic carbocycles. The summed E-state index contributed by atoms with van der Waals surface area (Å²) in [5.41, 5.74) is 6.05. The Morgan fingerprint density at radius 3 is 2.74 bits per heavy atom. The van der Waals surface area contributed by atoms with E-state index in [0.29, 0.717) is 22.9 Å². The van der Waals surface area contributed by atoms with Gasteiger partial charge in [0.05, 0.1) is 18.2 Å². The molecule has 0 atom stereocenters. The van der Waals surface area contributed by atoms with Crippen molar-refractivity contribution in [1.29, 1.82) is 0 Å². The van der Waals surface area contributed by atoms with E-state index >= 15 is 0 Å². The summed E-state index contributed by atoms with van der Waals surface area (Å²) in [5, 5.41) is 3.61. The first-order valence-electron chi connectivity index (χ1n) is 6.46. The topological polar surface area (TPSA) is 64.3 Å². The molecule has 0 bridgehead atoms. The number of hydrogen-bond donors (Lipinski definition) is 2. The van der Waals surface area contributed by atoms with Gasteiger partial charge in [0.15, 0.2) is 0 Å². The van der Waals surface area contributed by atoms with E-state index in [1.807, 2.05) is 0 Å². The predicted octanol–water partition coefficient (Wildman–Crippen LogP) is 2.35. The smallest absolute Gasteiger partial charge is 0.255 e. The zero-order valence-electron chi connectivity index (χ0n) is 11.0. The van der Waals surface area contributed by atoms with Crippen LogP contribution in [0.25, 0.3) is 0 Å². The van der Waals surface area contributed by atoms with E-state index in [1.165, 1.54) is 7.11 Å². The number of halogens is 1. The summed E-state index contributed by atoms with van der Waals surface area (Å²) in [6, 6.07) is 5.00. The second-order valence-electron chi connectivity index (χ2n) is 4.99. The molecular weight excluding hydrogens is 264 g/mol. The number of methoxy groups -OCH3 is 1. The second-order valence-corrected chi connectivity index (χ2v) is 5.43. The second kappa shape index (κ2) is 5.80. The molecule has 5 heteroatoms. The first-order chi connectivity index (χ1) is 9.10. The number of benzene rings is 1. The number of nitrogens with one attached hydrogen (secondary N) is 1. The van der Waals surface area contributed by atoms with E-state index in [-0.39, 0.29) is 11.4 Å². The van der Waals surface area contributed by atoms with Gasteiger partial charge in [-0.2, -0.15) is 0 Å². The van der Waals surface area contributed by atoms with E-state index in [4.69, 9.17) is 22.1 Å². The van der Waals surface area contributed by atoms with Crippen LogP contribution in [0.2, 0.25) is 5.02 Å². The van der Waals surface area contributed by atoms with Crippen molar-refractivity contribution in [3.8, 4) is 5.75 Å². The maximum Gasteiger partial charge on any atom is 0.255 e. The van der Waals surface area contributed by atoms with E-state index in [0.717, 1.165) is 25.7 Å². The van der Waals surface area contributed by atoms with Gasteiger partial charge in [-0.3, -0.25) is 4.79 Å². The first kappa shape index (κ1) is 14.2. The van der Waals surface area contributed by atoms with Gasteiger partial charge in [-0.05, 0) is 31.0 Å². The minimum absolute atomic E-state index is 0.152. The maximum absolute atomic E-state index is 12.4. The lowest BCUT2D eigenvalue weighted by atomic mass is 9.97. The Morgan fingerprint density at radius 1 is 1.47 bits per heavy atom. The zero-order chi connectivity index (χ0) is 13.9. The Morgan fingerprint density at radius 2 is 2.16 bits per heavy atom. The third-order valence-electron chi connectivity index (χ3n) is 3.74. The van der Waals surface area contributed by atoms with Crippen LogP contribution in [0.15, 0.2) is 18.2 Å². The molecule has 1 saturated carbocycles. The van der Waals surface area contributed by atoms with Gasteiger partial charge in [0, 0.05) is 11.6 Å². The van der Waals surface area contributed by atoms with Crippen molar-refractivity contribution >= 4 is 17.5 Å². The largest absolute Gasteiger partial charge is 0.496 e. The summed E-state index contributed by atoms with van der Waals surface area (Å²) in [6.45, 7) is 0.467. The van der Waals surface area contributed by atoms with Crippen LogP contribution in [0.1, 0.15) is 36.0 Å². The maximum atomic E-state index is 12.4. The molecule has 1 aliphatic rings. The van der Waals surface area contributed by atoms with Gasteiger partial charge in [-0.25, -0.2) is 0 Å². The Balaban J connectivity index is 2.20. The number of nitrogens with two attached hydrogens (primary N) is 1. The molecule has 2 rings (SSSR count). The predicted molar refractivity (Wildman–Crippen MR) is 75.7 cm³/mol. The van der Waals surface area contributed by atoms with Crippen LogP contribution in [0, 0.1) is 0 Å². The molecule has 0 aliphatic heterocycles. The summed E-state index contributed by atoms with van der Waals surface area (Å²) < 4.78 is 5.20. The average molecular weight is 283 g/mol. The summed E-state index contributed by atoms with van der Waals surface area (Å²) in [4.78, 5) is 12.4. The molecule has 3 N–H and O–H groups in total. The highest BCUT2D eigenvalue weighted by molar-refractivity contribution is 6.30. The molecule has 1 fully saturated rings. The quantitative estimate of drug-likeness (QED) is 0.891. The fourth-order valence-corrected chi connectivity index (χ4v) is 2.75. The number of amides is 1. The number of ether oxygens (including phenoxy) is 1. The highest BCUT2D eigenvalue weighted by Crippen LogP contribution is 2.30. The van der Waals surface area contributed by atoms with Gasteiger partial charge in [0.1, 0.15) is 5.75 Å². The Bertz CT molecular complexity index is 471. The standard InChI is InChI=1S/C14H19ClN2O2/c1-19-12-8-10(15)4-5-11(12)13(18)17-14(9-16)6-2-3-7-14/h4-5,8H,2-3,6-7,9,16H2,1H3,(H,17,18). The van der Waals surface area contributed by atoms with Crippen LogP contribution in [0.5, 0.6) is 5.75 Å². The van der Waals surface area contributed by atoms with Crippen molar-refractivity contribution in [2.45, 2.75) is 31.2 Å². The lowest BCUT2D eigenvalue weighted by molar-refractivity contribution is 0.0900. The van der Waals surface area contributed by atoms with Gasteiger partial charge < -0.3 is 15.8 Å².